The number of sulfonamides is 1. The average molecular weight is 454 g/mol. The summed E-state index contributed by atoms with van der Waals surface area (Å²) in [6.45, 7) is 2.63. The van der Waals surface area contributed by atoms with Crippen molar-refractivity contribution in [3.8, 4) is 0 Å². The molecule has 0 aliphatic heterocycles. The van der Waals surface area contributed by atoms with Crippen molar-refractivity contribution in [3.05, 3.63) is 84.3 Å². The average Bonchev–Trinajstić information content (AvgIpc) is 3.16. The fourth-order valence-electron chi connectivity index (χ4n) is 2.97. The third kappa shape index (κ3) is 5.07. The van der Waals surface area contributed by atoms with E-state index in [9.17, 15) is 12.8 Å². The van der Waals surface area contributed by atoms with Gasteiger partial charge < -0.3 is 15.2 Å². The van der Waals surface area contributed by atoms with Crippen LogP contribution in [0.2, 0.25) is 0 Å². The first-order chi connectivity index (χ1) is 15.3. The molecular formula is C21H20FN7O2S. The minimum absolute atomic E-state index is 0.00172. The maximum absolute atomic E-state index is 14.2. The Bertz CT molecular complexity index is 1340. The van der Waals surface area contributed by atoms with Crippen LogP contribution < -0.4 is 15.8 Å². The van der Waals surface area contributed by atoms with Crippen LogP contribution in [0.4, 0.5) is 27.5 Å². The molecule has 0 saturated heterocycles. The Labute approximate surface area is 184 Å². The fraction of sp³-hybridized carbons (Fsp3) is 0.0952. The van der Waals surface area contributed by atoms with Crippen LogP contribution in [0.1, 0.15) is 11.4 Å². The van der Waals surface area contributed by atoms with E-state index in [2.05, 4.69) is 25.6 Å². The number of hydrogen-bond acceptors (Lipinski definition) is 7. The van der Waals surface area contributed by atoms with Gasteiger partial charge in [-0.1, -0.05) is 12.1 Å². The molecule has 0 atom stereocenters. The highest BCUT2D eigenvalue weighted by Gasteiger charge is 2.10. The van der Waals surface area contributed by atoms with E-state index < -0.39 is 15.8 Å². The molecule has 2 heterocycles. The topological polar surface area (TPSA) is 128 Å². The third-order valence-electron chi connectivity index (χ3n) is 4.68. The smallest absolute Gasteiger partial charge is 0.238 e. The SMILES string of the molecule is Cc1nccn1Cc1ccc(Nc2nc(Nc3ccc(S(N)(=O)=O)cc3)ncc2F)cc1. The summed E-state index contributed by atoms with van der Waals surface area (Å²) in [5.74, 6) is 0.458. The number of benzene rings is 2. The van der Waals surface area contributed by atoms with Gasteiger partial charge in [0.25, 0.3) is 0 Å². The quantitative estimate of drug-likeness (QED) is 0.392. The molecule has 0 amide bonds. The highest BCUT2D eigenvalue weighted by molar-refractivity contribution is 7.89. The Morgan fingerprint density at radius 2 is 1.66 bits per heavy atom. The molecule has 0 aliphatic carbocycles. The number of anilines is 4. The lowest BCUT2D eigenvalue weighted by atomic mass is 10.2. The molecule has 32 heavy (non-hydrogen) atoms. The van der Waals surface area contributed by atoms with E-state index in [1.165, 1.54) is 24.3 Å². The van der Waals surface area contributed by atoms with Crippen molar-refractivity contribution >= 4 is 33.2 Å². The van der Waals surface area contributed by atoms with Gasteiger partial charge in [-0.2, -0.15) is 4.98 Å². The third-order valence-corrected chi connectivity index (χ3v) is 5.61. The van der Waals surface area contributed by atoms with Crippen molar-refractivity contribution in [3.63, 3.8) is 0 Å². The molecule has 11 heteroatoms. The molecule has 0 saturated carbocycles. The van der Waals surface area contributed by atoms with Gasteiger partial charge in [-0.15, -0.1) is 0 Å². The van der Waals surface area contributed by atoms with E-state index >= 15 is 0 Å². The van der Waals surface area contributed by atoms with Crippen molar-refractivity contribution in [2.45, 2.75) is 18.4 Å². The van der Waals surface area contributed by atoms with Gasteiger partial charge in [-0.25, -0.2) is 27.9 Å². The Hall–Kier alpha value is -3.83. The molecule has 2 aromatic heterocycles. The van der Waals surface area contributed by atoms with Crippen LogP contribution in [0.3, 0.4) is 0 Å². The van der Waals surface area contributed by atoms with Gasteiger partial charge in [0, 0.05) is 30.3 Å². The van der Waals surface area contributed by atoms with E-state index in [1.54, 1.807) is 6.20 Å². The highest BCUT2D eigenvalue weighted by atomic mass is 32.2. The van der Waals surface area contributed by atoms with E-state index in [1.807, 2.05) is 42.0 Å². The predicted molar refractivity (Wildman–Crippen MR) is 119 cm³/mol. The number of hydrogen-bond donors (Lipinski definition) is 3. The lowest BCUT2D eigenvalue weighted by Gasteiger charge is -2.11. The number of aromatic nitrogens is 4. The molecule has 2 aromatic carbocycles. The van der Waals surface area contributed by atoms with E-state index in [0.29, 0.717) is 17.9 Å². The van der Waals surface area contributed by atoms with Gasteiger partial charge in [-0.3, -0.25) is 0 Å². The highest BCUT2D eigenvalue weighted by Crippen LogP contribution is 2.22. The van der Waals surface area contributed by atoms with Crippen molar-refractivity contribution in [1.29, 1.82) is 0 Å². The molecule has 0 bridgehead atoms. The summed E-state index contributed by atoms with van der Waals surface area (Å²) in [5, 5.41) is 10.9. The first-order valence-electron chi connectivity index (χ1n) is 9.54. The van der Waals surface area contributed by atoms with E-state index in [4.69, 9.17) is 5.14 Å². The molecule has 9 nitrogen and oxygen atoms in total. The van der Waals surface area contributed by atoms with Gasteiger partial charge in [0.2, 0.25) is 16.0 Å². The second kappa shape index (κ2) is 8.73. The summed E-state index contributed by atoms with van der Waals surface area (Å²) in [5.41, 5.74) is 2.26. The summed E-state index contributed by atoms with van der Waals surface area (Å²) in [6.07, 6.45) is 4.71. The van der Waals surface area contributed by atoms with Gasteiger partial charge in [0.05, 0.1) is 11.1 Å². The number of primary sulfonamides is 1. The van der Waals surface area contributed by atoms with Crippen LogP contribution in [0.25, 0.3) is 0 Å². The van der Waals surface area contributed by atoms with Crippen LogP contribution in [-0.4, -0.2) is 27.9 Å². The van der Waals surface area contributed by atoms with Gasteiger partial charge in [0.1, 0.15) is 5.82 Å². The molecule has 0 aliphatic rings. The zero-order valence-corrected chi connectivity index (χ0v) is 17.8. The number of halogens is 1. The molecule has 0 unspecified atom stereocenters. The number of aryl methyl sites for hydroxylation is 1. The minimum Gasteiger partial charge on any atom is -0.338 e. The van der Waals surface area contributed by atoms with E-state index in [-0.39, 0.29) is 16.7 Å². The number of imidazole rings is 1. The summed E-state index contributed by atoms with van der Waals surface area (Å²) >= 11 is 0. The lowest BCUT2D eigenvalue weighted by molar-refractivity contribution is 0.598. The van der Waals surface area contributed by atoms with Crippen molar-refractivity contribution in [1.82, 2.24) is 19.5 Å². The lowest BCUT2D eigenvalue weighted by Crippen LogP contribution is -2.11. The zero-order chi connectivity index (χ0) is 22.7. The van der Waals surface area contributed by atoms with Crippen molar-refractivity contribution < 1.29 is 12.8 Å². The Balaban J connectivity index is 1.46. The minimum atomic E-state index is -3.78. The van der Waals surface area contributed by atoms with Gasteiger partial charge >= 0.3 is 0 Å². The second-order valence-electron chi connectivity index (χ2n) is 7.01. The first kappa shape index (κ1) is 21.4. The first-order valence-corrected chi connectivity index (χ1v) is 11.1. The normalized spacial score (nSPS) is 11.3. The Morgan fingerprint density at radius 3 is 2.28 bits per heavy atom. The molecule has 4 N–H and O–H groups in total. The second-order valence-corrected chi connectivity index (χ2v) is 8.57. The fourth-order valence-corrected chi connectivity index (χ4v) is 3.49. The molecule has 0 radical (unpaired) electrons. The maximum atomic E-state index is 14.2. The summed E-state index contributed by atoms with van der Waals surface area (Å²) in [7, 11) is -3.78. The largest absolute Gasteiger partial charge is 0.338 e. The number of nitrogens with zero attached hydrogens (tertiary/aromatic N) is 4. The summed E-state index contributed by atoms with van der Waals surface area (Å²) in [6, 6.07) is 13.3. The maximum Gasteiger partial charge on any atom is 0.238 e. The van der Waals surface area contributed by atoms with Crippen LogP contribution in [-0.2, 0) is 16.6 Å². The van der Waals surface area contributed by atoms with Crippen LogP contribution in [0.15, 0.2) is 72.0 Å². The number of nitrogens with one attached hydrogen (secondary N) is 2. The van der Waals surface area contributed by atoms with Gasteiger partial charge in [0.15, 0.2) is 11.6 Å². The molecule has 164 valence electrons. The van der Waals surface area contributed by atoms with Crippen LogP contribution in [0, 0.1) is 12.7 Å². The monoisotopic (exact) mass is 453 g/mol. The van der Waals surface area contributed by atoms with Gasteiger partial charge in [-0.05, 0) is 48.9 Å². The summed E-state index contributed by atoms with van der Waals surface area (Å²) in [4.78, 5) is 12.3. The van der Waals surface area contributed by atoms with Crippen molar-refractivity contribution in [2.24, 2.45) is 5.14 Å². The number of rotatable bonds is 7. The Morgan fingerprint density at radius 1 is 1.00 bits per heavy atom. The van der Waals surface area contributed by atoms with Crippen LogP contribution >= 0.6 is 0 Å². The molecule has 0 spiro atoms. The summed E-state index contributed by atoms with van der Waals surface area (Å²) < 4.78 is 39.0. The standard InChI is InChI=1S/C21H20FN7O2S/c1-14-24-10-11-29(14)13-15-2-4-16(5-3-15)26-20-19(22)12-25-21(28-20)27-17-6-8-18(9-7-17)32(23,30)31/h2-12H,13H2,1H3,(H2,23,30,31)(H2,25,26,27,28). The van der Waals surface area contributed by atoms with Crippen LogP contribution in [0.5, 0.6) is 0 Å². The molecule has 4 aromatic rings. The molecule has 0 fully saturated rings. The number of nitrogens with two attached hydrogens (primary N) is 1. The Kier molecular flexibility index (Phi) is 5.84. The zero-order valence-electron chi connectivity index (χ0n) is 17.0. The molecular weight excluding hydrogens is 433 g/mol. The van der Waals surface area contributed by atoms with E-state index in [0.717, 1.165) is 17.6 Å². The predicted octanol–water partition coefficient (Wildman–Crippen LogP) is 3.30. The van der Waals surface area contributed by atoms with Crippen molar-refractivity contribution in [2.75, 3.05) is 10.6 Å². The molecule has 4 rings (SSSR count).